The standard InChI is InChI=1S/C48H60N8O5S/c1-3-44-42(45(53-40-18-24-61-25-19-40)43-32-52-56(4-2)46(43)54-44)31-51-47(57)36-16-22-55(23-17-36)62(59,60)41-13-7-12-39(29-41)48(58)50-30-35-9-6-11-38(28-35)37-10-5-8-34(27-37)26-33-14-20-49-21-15-33/h5-13,27-29,32-33,36,40,49H,3-4,14-26,30-31H2,1-2H3,(H,50,58)(H,51,57)(H,53,54). The van der Waals surface area contributed by atoms with Crippen molar-refractivity contribution in [1.82, 2.24) is 35.0 Å². The van der Waals surface area contributed by atoms with Crippen LogP contribution in [0.25, 0.3) is 22.2 Å². The van der Waals surface area contributed by atoms with Gasteiger partial charge in [-0.3, -0.25) is 9.59 Å². The van der Waals surface area contributed by atoms with Crippen LogP contribution < -0.4 is 21.3 Å². The van der Waals surface area contributed by atoms with Crippen LogP contribution in [-0.2, 0) is 52.0 Å². The summed E-state index contributed by atoms with van der Waals surface area (Å²) in [6, 6.07) is 23.4. The van der Waals surface area contributed by atoms with Gasteiger partial charge in [0.2, 0.25) is 15.9 Å². The van der Waals surface area contributed by atoms with E-state index in [4.69, 9.17) is 9.72 Å². The fourth-order valence-corrected chi connectivity index (χ4v) is 10.7. The maximum absolute atomic E-state index is 13.9. The van der Waals surface area contributed by atoms with Gasteiger partial charge in [0, 0.05) is 74.7 Å². The van der Waals surface area contributed by atoms with Crippen molar-refractivity contribution in [3.63, 3.8) is 0 Å². The van der Waals surface area contributed by atoms with E-state index >= 15 is 0 Å². The van der Waals surface area contributed by atoms with E-state index in [1.807, 2.05) is 29.9 Å². The average molecular weight is 861 g/mol. The lowest BCUT2D eigenvalue weighted by molar-refractivity contribution is -0.126. The zero-order valence-electron chi connectivity index (χ0n) is 36.0. The summed E-state index contributed by atoms with van der Waals surface area (Å²) in [5, 5.41) is 18.9. The second-order valence-corrected chi connectivity index (χ2v) is 18.8. The van der Waals surface area contributed by atoms with E-state index in [2.05, 4.69) is 69.7 Å². The number of amides is 2. The number of anilines is 1. The van der Waals surface area contributed by atoms with Gasteiger partial charge in [0.25, 0.3) is 5.91 Å². The summed E-state index contributed by atoms with van der Waals surface area (Å²) >= 11 is 0. The minimum atomic E-state index is -3.90. The molecule has 3 aromatic carbocycles. The molecule has 3 aliphatic heterocycles. The molecule has 8 rings (SSSR count). The molecule has 5 heterocycles. The molecule has 2 aromatic heterocycles. The molecule has 0 saturated carbocycles. The highest BCUT2D eigenvalue weighted by atomic mass is 32.2. The predicted molar refractivity (Wildman–Crippen MR) is 242 cm³/mol. The number of aryl methyl sites for hydroxylation is 2. The molecule has 62 heavy (non-hydrogen) atoms. The molecule has 0 aliphatic carbocycles. The molecule has 3 fully saturated rings. The molecule has 3 saturated heterocycles. The van der Waals surface area contributed by atoms with Crippen molar-refractivity contribution in [3.05, 3.63) is 107 Å². The Morgan fingerprint density at radius 1 is 0.839 bits per heavy atom. The largest absolute Gasteiger partial charge is 0.381 e. The molecular weight excluding hydrogens is 801 g/mol. The van der Waals surface area contributed by atoms with Crippen molar-refractivity contribution in [2.45, 2.75) is 95.8 Å². The van der Waals surface area contributed by atoms with Gasteiger partial charge in [0.05, 0.1) is 22.2 Å². The first-order valence-corrected chi connectivity index (χ1v) is 23.9. The molecule has 4 N–H and O–H groups in total. The average Bonchev–Trinajstić information content (AvgIpc) is 3.74. The van der Waals surface area contributed by atoms with Crippen molar-refractivity contribution in [2.24, 2.45) is 11.8 Å². The van der Waals surface area contributed by atoms with E-state index in [9.17, 15) is 18.0 Å². The third-order valence-corrected chi connectivity index (χ3v) is 14.7. The number of carbonyl (C=O) groups is 2. The molecule has 0 atom stereocenters. The number of benzene rings is 3. The predicted octanol–water partition coefficient (Wildman–Crippen LogP) is 6.46. The number of nitrogens with one attached hydrogen (secondary N) is 4. The quantitative estimate of drug-likeness (QED) is 0.0927. The molecule has 3 aliphatic rings. The second-order valence-electron chi connectivity index (χ2n) is 16.9. The number of hydrogen-bond acceptors (Lipinski definition) is 9. The third-order valence-electron chi connectivity index (χ3n) is 12.8. The molecule has 2 amide bonds. The molecule has 0 unspecified atom stereocenters. The Morgan fingerprint density at radius 3 is 2.27 bits per heavy atom. The SMILES string of the molecule is CCc1nc2c(cnn2CC)c(NC2CCOCC2)c1CNC(=O)C1CCN(S(=O)(=O)c2cccc(C(=O)NCc3cccc(-c4cccc(CC5CCNCC5)c4)c3)c2)CC1. The van der Waals surface area contributed by atoms with Crippen LogP contribution in [0, 0.1) is 11.8 Å². The molecule has 0 spiro atoms. The zero-order valence-corrected chi connectivity index (χ0v) is 36.8. The van der Waals surface area contributed by atoms with Gasteiger partial charge in [-0.05, 0) is 124 Å². The van der Waals surface area contributed by atoms with Gasteiger partial charge in [-0.25, -0.2) is 18.1 Å². The highest BCUT2D eigenvalue weighted by Gasteiger charge is 2.33. The van der Waals surface area contributed by atoms with E-state index < -0.39 is 10.0 Å². The maximum atomic E-state index is 13.9. The Morgan fingerprint density at radius 2 is 1.55 bits per heavy atom. The molecule has 0 bridgehead atoms. The lowest BCUT2D eigenvalue weighted by Crippen LogP contribution is -2.43. The van der Waals surface area contributed by atoms with Gasteiger partial charge in [-0.15, -0.1) is 0 Å². The first-order chi connectivity index (χ1) is 30.2. The summed E-state index contributed by atoms with van der Waals surface area (Å²) < 4.78 is 36.7. The number of sulfonamides is 1. The lowest BCUT2D eigenvalue weighted by Gasteiger charge is -2.31. The van der Waals surface area contributed by atoms with Crippen LogP contribution in [0.2, 0.25) is 0 Å². The third kappa shape index (κ3) is 10.0. The molecule has 328 valence electrons. The number of rotatable bonds is 15. The van der Waals surface area contributed by atoms with Crippen LogP contribution in [0.1, 0.15) is 85.1 Å². The normalized spacial score (nSPS) is 17.3. The second kappa shape index (κ2) is 19.9. The van der Waals surface area contributed by atoms with E-state index in [-0.39, 0.29) is 47.3 Å². The smallest absolute Gasteiger partial charge is 0.251 e. The Balaban J connectivity index is 0.866. The Kier molecular flexibility index (Phi) is 14.0. The van der Waals surface area contributed by atoms with Crippen LogP contribution in [0.3, 0.4) is 0 Å². The number of ether oxygens (including phenoxy) is 1. The van der Waals surface area contributed by atoms with Gasteiger partial charge in [0.15, 0.2) is 5.65 Å². The van der Waals surface area contributed by atoms with Crippen molar-refractivity contribution >= 4 is 38.6 Å². The van der Waals surface area contributed by atoms with Crippen LogP contribution in [-0.4, -0.2) is 84.7 Å². The van der Waals surface area contributed by atoms with Gasteiger partial charge in [0.1, 0.15) is 0 Å². The first-order valence-electron chi connectivity index (χ1n) is 22.5. The summed E-state index contributed by atoms with van der Waals surface area (Å²) in [6.07, 6.45) is 8.60. The molecule has 14 heteroatoms. The van der Waals surface area contributed by atoms with E-state index in [1.165, 1.54) is 34.8 Å². The van der Waals surface area contributed by atoms with E-state index in [0.29, 0.717) is 58.0 Å². The summed E-state index contributed by atoms with van der Waals surface area (Å²) in [6.45, 7) is 9.40. The molecule has 13 nitrogen and oxygen atoms in total. The topological polar surface area (TPSA) is 160 Å². The zero-order chi connectivity index (χ0) is 43.1. The maximum Gasteiger partial charge on any atom is 0.251 e. The lowest BCUT2D eigenvalue weighted by atomic mass is 9.90. The van der Waals surface area contributed by atoms with Gasteiger partial charge in [-0.2, -0.15) is 9.40 Å². The number of fused-ring (bicyclic) bond motifs is 1. The molecular formula is C48H60N8O5S. The monoisotopic (exact) mass is 860 g/mol. The van der Waals surface area contributed by atoms with Crippen molar-refractivity contribution < 1.29 is 22.7 Å². The van der Waals surface area contributed by atoms with Gasteiger partial charge in [-0.1, -0.05) is 55.5 Å². The fraction of sp³-hybridized carbons (Fsp3) is 0.458. The van der Waals surface area contributed by atoms with Crippen molar-refractivity contribution in [1.29, 1.82) is 0 Å². The Hall–Kier alpha value is -5.15. The number of pyridine rings is 1. The van der Waals surface area contributed by atoms with Crippen LogP contribution in [0.5, 0.6) is 0 Å². The highest BCUT2D eigenvalue weighted by Crippen LogP contribution is 2.32. The summed E-state index contributed by atoms with van der Waals surface area (Å²) in [4.78, 5) is 32.1. The summed E-state index contributed by atoms with van der Waals surface area (Å²) in [5.41, 5.74) is 8.47. The number of nitrogens with zero attached hydrogens (tertiary/aromatic N) is 4. The number of aromatic nitrogens is 3. The summed E-state index contributed by atoms with van der Waals surface area (Å²) in [7, 11) is -3.90. The van der Waals surface area contributed by atoms with Crippen molar-refractivity contribution in [3.8, 4) is 11.1 Å². The highest BCUT2D eigenvalue weighted by molar-refractivity contribution is 7.89. The minimum Gasteiger partial charge on any atom is -0.381 e. The number of piperidine rings is 2. The van der Waals surface area contributed by atoms with Crippen LogP contribution in [0.4, 0.5) is 5.69 Å². The van der Waals surface area contributed by atoms with Gasteiger partial charge >= 0.3 is 0 Å². The molecule has 0 radical (unpaired) electrons. The summed E-state index contributed by atoms with van der Waals surface area (Å²) in [5.74, 6) is -0.0828. The number of hydrogen-bond donors (Lipinski definition) is 4. The van der Waals surface area contributed by atoms with Gasteiger partial charge < -0.3 is 26.0 Å². The minimum absolute atomic E-state index is 0.0605. The van der Waals surface area contributed by atoms with E-state index in [1.54, 1.807) is 12.1 Å². The fourth-order valence-electron chi connectivity index (χ4n) is 9.17. The number of carbonyl (C=O) groups excluding carboxylic acids is 2. The van der Waals surface area contributed by atoms with Crippen LogP contribution in [0.15, 0.2) is 83.9 Å². The molecule has 5 aromatic rings. The Bertz CT molecular complexity index is 2470. The van der Waals surface area contributed by atoms with Crippen molar-refractivity contribution in [2.75, 3.05) is 44.7 Å². The Labute approximate surface area is 365 Å². The van der Waals surface area contributed by atoms with Crippen LogP contribution >= 0.6 is 0 Å². The first kappa shape index (κ1) is 43.5. The van der Waals surface area contributed by atoms with E-state index in [0.717, 1.165) is 77.0 Å².